The van der Waals surface area contributed by atoms with E-state index in [4.69, 9.17) is 0 Å². The lowest BCUT2D eigenvalue weighted by molar-refractivity contribution is 0.581. The molecular weight excluding hydrogens is 328 g/mol. The zero-order chi connectivity index (χ0) is 17.4. The lowest BCUT2D eigenvalue weighted by Crippen LogP contribution is -2.30. The maximum Gasteiger partial charge on any atom is 0.211 e. The summed E-state index contributed by atoms with van der Waals surface area (Å²) in [4.78, 5) is 4.33. The number of anilines is 3. The molecule has 2 aromatic rings. The Hall–Kier alpha value is -2.26. The summed E-state index contributed by atoms with van der Waals surface area (Å²) in [6, 6.07) is 9.22. The van der Waals surface area contributed by atoms with Gasteiger partial charge < -0.3 is 10.6 Å². The van der Waals surface area contributed by atoms with Gasteiger partial charge >= 0.3 is 0 Å². The van der Waals surface area contributed by atoms with Crippen molar-refractivity contribution in [1.82, 2.24) is 19.9 Å². The number of aromatic nitrogens is 3. The summed E-state index contributed by atoms with van der Waals surface area (Å²) < 4.78 is 25.5. The van der Waals surface area contributed by atoms with Gasteiger partial charge in [-0.25, -0.2) is 18.1 Å². The average molecular weight is 350 g/mol. The first-order valence-electron chi connectivity index (χ1n) is 7.74. The Labute approximate surface area is 142 Å². The number of hydrogen-bond donors (Lipinski definition) is 3. The van der Waals surface area contributed by atoms with E-state index in [9.17, 15) is 8.42 Å². The number of pyridine rings is 1. The second kappa shape index (κ2) is 8.55. The zero-order valence-electron chi connectivity index (χ0n) is 13.8. The van der Waals surface area contributed by atoms with E-state index in [0.717, 1.165) is 5.69 Å². The van der Waals surface area contributed by atoms with Gasteiger partial charge in [0.1, 0.15) is 11.6 Å². The van der Waals surface area contributed by atoms with E-state index in [1.165, 1.54) is 0 Å². The molecule has 3 N–H and O–H groups in total. The highest BCUT2D eigenvalue weighted by Crippen LogP contribution is 2.12. The summed E-state index contributed by atoms with van der Waals surface area (Å²) in [7, 11) is -3.17. The molecule has 0 saturated heterocycles. The Kier molecular flexibility index (Phi) is 6.44. The summed E-state index contributed by atoms with van der Waals surface area (Å²) in [6.07, 6.45) is 0.596. The number of rotatable bonds is 9. The first kappa shape index (κ1) is 18.1. The Morgan fingerprint density at radius 1 is 1.00 bits per heavy atom. The molecule has 0 aliphatic heterocycles. The van der Waals surface area contributed by atoms with Gasteiger partial charge in [-0.3, -0.25) is 0 Å². The van der Waals surface area contributed by atoms with Gasteiger partial charge in [-0.15, -0.1) is 10.2 Å². The molecule has 0 bridgehead atoms. The van der Waals surface area contributed by atoms with Crippen LogP contribution in [0.15, 0.2) is 30.3 Å². The predicted molar refractivity (Wildman–Crippen MR) is 94.9 cm³/mol. The fourth-order valence-corrected chi connectivity index (χ4v) is 3.07. The SMILES string of the molecule is CCCS(=O)(=O)NCCNc1ccc(Nc2cccc(C)n2)nn1. The van der Waals surface area contributed by atoms with E-state index in [1.807, 2.05) is 32.0 Å². The minimum atomic E-state index is -3.17. The average Bonchev–Trinajstić information content (AvgIpc) is 2.53. The van der Waals surface area contributed by atoms with Gasteiger partial charge in [0.05, 0.1) is 5.75 Å². The van der Waals surface area contributed by atoms with Crippen LogP contribution in [0, 0.1) is 6.92 Å². The second-order valence-corrected chi connectivity index (χ2v) is 7.16. The fraction of sp³-hybridized carbons (Fsp3) is 0.400. The molecule has 0 fully saturated rings. The molecule has 0 atom stereocenters. The zero-order valence-corrected chi connectivity index (χ0v) is 14.6. The van der Waals surface area contributed by atoms with Crippen LogP contribution >= 0.6 is 0 Å². The standard InChI is InChI=1S/C15H22N6O2S/c1-3-11-24(22,23)17-10-9-16-13-7-8-15(21-20-13)19-14-6-4-5-12(2)18-14/h4-8,17H,3,9-11H2,1-2H3,(H,16,20)(H,18,19,21). The molecule has 130 valence electrons. The molecule has 0 saturated carbocycles. The van der Waals surface area contributed by atoms with Crippen molar-refractivity contribution < 1.29 is 8.42 Å². The smallest absolute Gasteiger partial charge is 0.211 e. The Morgan fingerprint density at radius 3 is 2.42 bits per heavy atom. The van der Waals surface area contributed by atoms with Gasteiger partial charge in [0.15, 0.2) is 5.82 Å². The van der Waals surface area contributed by atoms with Gasteiger partial charge in [0, 0.05) is 18.8 Å². The van der Waals surface area contributed by atoms with Crippen molar-refractivity contribution in [2.75, 3.05) is 29.5 Å². The van der Waals surface area contributed by atoms with E-state index in [1.54, 1.807) is 12.1 Å². The summed E-state index contributed by atoms with van der Waals surface area (Å²) >= 11 is 0. The molecule has 0 aliphatic carbocycles. The summed E-state index contributed by atoms with van der Waals surface area (Å²) in [5, 5.41) is 14.2. The number of aryl methyl sites for hydroxylation is 1. The van der Waals surface area contributed by atoms with Crippen molar-refractivity contribution in [2.24, 2.45) is 0 Å². The lowest BCUT2D eigenvalue weighted by atomic mass is 10.3. The van der Waals surface area contributed by atoms with Crippen LogP contribution in [-0.4, -0.2) is 42.4 Å². The highest BCUT2D eigenvalue weighted by atomic mass is 32.2. The van der Waals surface area contributed by atoms with Crippen LogP contribution in [0.4, 0.5) is 17.5 Å². The van der Waals surface area contributed by atoms with Crippen LogP contribution in [-0.2, 0) is 10.0 Å². The number of nitrogens with zero attached hydrogens (tertiary/aromatic N) is 3. The third-order valence-electron chi connectivity index (χ3n) is 3.03. The number of hydrogen-bond acceptors (Lipinski definition) is 7. The molecule has 0 unspecified atom stereocenters. The lowest BCUT2D eigenvalue weighted by Gasteiger charge is -2.08. The van der Waals surface area contributed by atoms with Crippen LogP contribution in [0.5, 0.6) is 0 Å². The molecule has 0 amide bonds. The van der Waals surface area contributed by atoms with E-state index in [-0.39, 0.29) is 5.75 Å². The summed E-state index contributed by atoms with van der Waals surface area (Å²) in [6.45, 7) is 4.48. The molecule has 2 aromatic heterocycles. The topological polar surface area (TPSA) is 109 Å². The molecule has 0 aromatic carbocycles. The predicted octanol–water partition coefficient (Wildman–Crippen LogP) is 1.66. The normalized spacial score (nSPS) is 11.2. The summed E-state index contributed by atoms with van der Waals surface area (Å²) in [5.41, 5.74) is 0.914. The first-order chi connectivity index (χ1) is 11.5. The van der Waals surface area contributed by atoms with Crippen molar-refractivity contribution >= 4 is 27.5 Å². The second-order valence-electron chi connectivity index (χ2n) is 5.23. The number of sulfonamides is 1. The van der Waals surface area contributed by atoms with Crippen molar-refractivity contribution in [3.63, 3.8) is 0 Å². The Morgan fingerprint density at radius 2 is 1.75 bits per heavy atom. The minimum Gasteiger partial charge on any atom is -0.367 e. The largest absolute Gasteiger partial charge is 0.367 e. The molecule has 8 nitrogen and oxygen atoms in total. The van der Waals surface area contributed by atoms with Crippen LogP contribution in [0.25, 0.3) is 0 Å². The van der Waals surface area contributed by atoms with Crippen molar-refractivity contribution in [1.29, 1.82) is 0 Å². The van der Waals surface area contributed by atoms with Gasteiger partial charge in [0.25, 0.3) is 0 Å². The van der Waals surface area contributed by atoms with Gasteiger partial charge in [-0.05, 0) is 37.6 Å². The van der Waals surface area contributed by atoms with Crippen LogP contribution < -0.4 is 15.4 Å². The molecule has 0 spiro atoms. The van der Waals surface area contributed by atoms with E-state index in [0.29, 0.717) is 37.0 Å². The maximum atomic E-state index is 11.5. The van der Waals surface area contributed by atoms with E-state index in [2.05, 4.69) is 30.5 Å². The van der Waals surface area contributed by atoms with Crippen LogP contribution in [0.1, 0.15) is 19.0 Å². The molecule has 0 aliphatic rings. The quantitative estimate of drug-likeness (QED) is 0.590. The number of nitrogens with one attached hydrogen (secondary N) is 3. The van der Waals surface area contributed by atoms with Crippen molar-refractivity contribution in [3.8, 4) is 0 Å². The molecule has 9 heteroatoms. The highest BCUT2D eigenvalue weighted by Gasteiger charge is 2.07. The third-order valence-corrected chi connectivity index (χ3v) is 4.62. The maximum absolute atomic E-state index is 11.5. The van der Waals surface area contributed by atoms with Gasteiger partial charge in [0.2, 0.25) is 10.0 Å². The van der Waals surface area contributed by atoms with Crippen molar-refractivity contribution in [3.05, 3.63) is 36.0 Å². The molecule has 0 radical (unpaired) electrons. The Bertz CT molecular complexity index is 749. The van der Waals surface area contributed by atoms with E-state index >= 15 is 0 Å². The third kappa shape index (κ3) is 6.09. The highest BCUT2D eigenvalue weighted by molar-refractivity contribution is 7.89. The monoisotopic (exact) mass is 350 g/mol. The van der Waals surface area contributed by atoms with Crippen LogP contribution in [0.2, 0.25) is 0 Å². The Balaban J connectivity index is 1.80. The molecular formula is C15H22N6O2S. The van der Waals surface area contributed by atoms with E-state index < -0.39 is 10.0 Å². The van der Waals surface area contributed by atoms with Gasteiger partial charge in [-0.2, -0.15) is 0 Å². The van der Waals surface area contributed by atoms with Crippen LogP contribution in [0.3, 0.4) is 0 Å². The minimum absolute atomic E-state index is 0.139. The first-order valence-corrected chi connectivity index (χ1v) is 9.39. The van der Waals surface area contributed by atoms with Crippen molar-refractivity contribution in [2.45, 2.75) is 20.3 Å². The molecule has 2 heterocycles. The van der Waals surface area contributed by atoms with Gasteiger partial charge in [-0.1, -0.05) is 13.0 Å². The fourth-order valence-electron chi connectivity index (χ4n) is 1.98. The molecule has 24 heavy (non-hydrogen) atoms. The summed E-state index contributed by atoms with van der Waals surface area (Å²) in [5.74, 6) is 2.00. The molecule has 2 rings (SSSR count).